The molecule has 3 amide bonds. The van der Waals surface area contributed by atoms with E-state index in [1.807, 2.05) is 32.0 Å². The Kier molecular flexibility index (Phi) is 3.16. The number of halogens is 1. The zero-order valence-corrected chi connectivity index (χ0v) is 13.4. The molecule has 0 saturated carbocycles. The van der Waals surface area contributed by atoms with E-state index in [2.05, 4.69) is 21.2 Å². The fourth-order valence-corrected chi connectivity index (χ4v) is 3.94. The van der Waals surface area contributed by atoms with Crippen LogP contribution in [0.25, 0.3) is 0 Å². The molecule has 1 fully saturated rings. The second-order valence-corrected chi connectivity index (χ2v) is 6.76. The first-order valence-electron chi connectivity index (χ1n) is 6.80. The molecular formula is C15H15BrN2O3. The molecule has 6 heteroatoms. The Balaban J connectivity index is 2.09. The van der Waals surface area contributed by atoms with Gasteiger partial charge in [-0.2, -0.15) is 0 Å². The number of benzene rings is 1. The number of carbonyl (C=O) groups is 3. The van der Waals surface area contributed by atoms with Crippen LogP contribution >= 0.6 is 15.9 Å². The van der Waals surface area contributed by atoms with Crippen LogP contribution in [0.15, 0.2) is 22.7 Å². The highest BCUT2D eigenvalue weighted by Gasteiger charge is 2.49. The number of rotatable bonds is 1. The summed E-state index contributed by atoms with van der Waals surface area (Å²) in [4.78, 5) is 37.8. The Morgan fingerprint density at radius 2 is 2.00 bits per heavy atom. The monoisotopic (exact) mass is 350 g/mol. The Morgan fingerprint density at radius 3 is 2.67 bits per heavy atom. The third-order valence-corrected chi connectivity index (χ3v) is 4.81. The van der Waals surface area contributed by atoms with Gasteiger partial charge in [-0.25, -0.2) is 0 Å². The van der Waals surface area contributed by atoms with Gasteiger partial charge >= 0.3 is 0 Å². The summed E-state index contributed by atoms with van der Waals surface area (Å²) in [6, 6.07) is 4.96. The molecule has 0 aliphatic carbocycles. The van der Waals surface area contributed by atoms with Crippen molar-refractivity contribution in [2.24, 2.45) is 0 Å². The van der Waals surface area contributed by atoms with Gasteiger partial charge in [0.25, 0.3) is 0 Å². The molecule has 2 aliphatic rings. The smallest absolute Gasteiger partial charge is 0.249 e. The molecular weight excluding hydrogens is 336 g/mol. The molecule has 0 unspecified atom stereocenters. The highest BCUT2D eigenvalue weighted by Crippen LogP contribution is 2.46. The number of nitrogens with one attached hydrogen (secondary N) is 1. The Morgan fingerprint density at radius 1 is 1.29 bits per heavy atom. The molecule has 1 saturated heterocycles. The molecule has 0 bridgehead atoms. The van der Waals surface area contributed by atoms with E-state index >= 15 is 0 Å². The van der Waals surface area contributed by atoms with Gasteiger partial charge in [-0.05, 0) is 32.4 Å². The lowest BCUT2D eigenvalue weighted by molar-refractivity contribution is -0.136. The first kappa shape index (κ1) is 14.3. The predicted octanol–water partition coefficient (Wildman–Crippen LogP) is 1.88. The summed E-state index contributed by atoms with van der Waals surface area (Å²) in [7, 11) is 0. The lowest BCUT2D eigenvalue weighted by Gasteiger charge is -2.31. The molecule has 3 rings (SSSR count). The molecule has 1 aromatic carbocycles. The summed E-state index contributed by atoms with van der Waals surface area (Å²) >= 11 is 3.49. The van der Waals surface area contributed by atoms with Crippen LogP contribution in [0.3, 0.4) is 0 Å². The van der Waals surface area contributed by atoms with Gasteiger partial charge < -0.3 is 0 Å². The zero-order chi connectivity index (χ0) is 15.4. The lowest BCUT2D eigenvalue weighted by Crippen LogP contribution is -2.55. The van der Waals surface area contributed by atoms with Gasteiger partial charge in [0, 0.05) is 22.1 Å². The second-order valence-electron chi connectivity index (χ2n) is 5.90. The molecule has 5 nitrogen and oxygen atoms in total. The minimum Gasteiger partial charge on any atom is -0.299 e. The highest BCUT2D eigenvalue weighted by atomic mass is 79.9. The van der Waals surface area contributed by atoms with Crippen LogP contribution in [0, 0.1) is 0 Å². The van der Waals surface area contributed by atoms with Gasteiger partial charge in [0.2, 0.25) is 17.7 Å². The fourth-order valence-electron chi connectivity index (χ4n) is 3.09. The number of nitrogens with zero attached hydrogens (tertiary/aromatic N) is 1. The quantitative estimate of drug-likeness (QED) is 0.786. The van der Waals surface area contributed by atoms with Crippen molar-refractivity contribution in [3.8, 4) is 0 Å². The van der Waals surface area contributed by atoms with Crippen molar-refractivity contribution in [2.75, 3.05) is 4.90 Å². The Bertz CT molecular complexity index is 669. The van der Waals surface area contributed by atoms with Gasteiger partial charge in [0.15, 0.2) is 0 Å². The van der Waals surface area contributed by atoms with Gasteiger partial charge in [-0.3, -0.25) is 24.6 Å². The van der Waals surface area contributed by atoms with E-state index in [1.165, 1.54) is 0 Å². The van der Waals surface area contributed by atoms with E-state index in [0.717, 1.165) is 15.7 Å². The summed E-state index contributed by atoms with van der Waals surface area (Å²) < 4.78 is 0.855. The van der Waals surface area contributed by atoms with Crippen molar-refractivity contribution >= 4 is 39.3 Å². The standard InChI is InChI=1S/C15H15BrN2O3/c1-15(2)12-8(16)4-3-5-9(12)18(14(15)21)10-6-7-11(19)17-13(10)20/h3-5,10H,6-7H2,1-2H3,(H,17,19,20)/t10-/m1/s1. The molecule has 0 aromatic heterocycles. The van der Waals surface area contributed by atoms with E-state index < -0.39 is 17.4 Å². The third kappa shape index (κ3) is 2.00. The van der Waals surface area contributed by atoms with E-state index in [1.54, 1.807) is 4.90 Å². The van der Waals surface area contributed by atoms with E-state index in [-0.39, 0.29) is 18.2 Å². The Labute approximate surface area is 130 Å². The van der Waals surface area contributed by atoms with Crippen LogP contribution in [0.4, 0.5) is 5.69 Å². The van der Waals surface area contributed by atoms with Gasteiger partial charge in [0.05, 0.1) is 5.41 Å². The maximum atomic E-state index is 12.8. The van der Waals surface area contributed by atoms with Gasteiger partial charge in [-0.15, -0.1) is 0 Å². The second kappa shape index (κ2) is 4.66. The maximum absolute atomic E-state index is 12.8. The summed E-state index contributed by atoms with van der Waals surface area (Å²) in [5.74, 6) is -0.793. The van der Waals surface area contributed by atoms with Crippen LogP contribution in [0.5, 0.6) is 0 Å². The number of hydrogen-bond donors (Lipinski definition) is 1. The molecule has 0 spiro atoms. The lowest BCUT2D eigenvalue weighted by atomic mass is 9.86. The molecule has 2 aliphatic heterocycles. The molecule has 0 radical (unpaired) electrons. The normalized spacial score (nSPS) is 24.0. The minimum atomic E-state index is -0.697. The van der Waals surface area contributed by atoms with Gasteiger partial charge in [-0.1, -0.05) is 22.0 Å². The fraction of sp³-hybridized carbons (Fsp3) is 0.400. The molecule has 1 N–H and O–H groups in total. The third-order valence-electron chi connectivity index (χ3n) is 4.15. The van der Waals surface area contributed by atoms with E-state index in [9.17, 15) is 14.4 Å². The topological polar surface area (TPSA) is 66.5 Å². The van der Waals surface area contributed by atoms with Gasteiger partial charge in [0.1, 0.15) is 6.04 Å². The molecule has 1 atom stereocenters. The van der Waals surface area contributed by atoms with Crippen molar-refractivity contribution < 1.29 is 14.4 Å². The number of carbonyl (C=O) groups excluding carboxylic acids is 3. The number of anilines is 1. The average Bonchev–Trinajstić information content (AvgIpc) is 2.60. The minimum absolute atomic E-state index is 0.112. The van der Waals surface area contributed by atoms with Crippen molar-refractivity contribution in [3.63, 3.8) is 0 Å². The van der Waals surface area contributed by atoms with Crippen LogP contribution in [-0.4, -0.2) is 23.8 Å². The van der Waals surface area contributed by atoms with Crippen molar-refractivity contribution in [1.82, 2.24) is 5.32 Å². The van der Waals surface area contributed by atoms with Crippen molar-refractivity contribution in [2.45, 2.75) is 38.1 Å². The van der Waals surface area contributed by atoms with Crippen LogP contribution in [0.2, 0.25) is 0 Å². The number of fused-ring (bicyclic) bond motifs is 1. The molecule has 110 valence electrons. The first-order valence-corrected chi connectivity index (χ1v) is 7.59. The first-order chi connectivity index (χ1) is 9.84. The molecule has 21 heavy (non-hydrogen) atoms. The van der Waals surface area contributed by atoms with E-state index in [4.69, 9.17) is 0 Å². The summed E-state index contributed by atoms with van der Waals surface area (Å²) in [5, 5.41) is 2.32. The summed E-state index contributed by atoms with van der Waals surface area (Å²) in [6.07, 6.45) is 0.613. The van der Waals surface area contributed by atoms with Crippen molar-refractivity contribution in [1.29, 1.82) is 0 Å². The number of piperidine rings is 1. The maximum Gasteiger partial charge on any atom is 0.249 e. The zero-order valence-electron chi connectivity index (χ0n) is 11.8. The number of imide groups is 1. The summed E-state index contributed by atoms with van der Waals surface area (Å²) in [5.41, 5.74) is 0.936. The van der Waals surface area contributed by atoms with Crippen LogP contribution in [-0.2, 0) is 19.8 Å². The predicted molar refractivity (Wildman–Crippen MR) is 80.8 cm³/mol. The number of amides is 3. The largest absolute Gasteiger partial charge is 0.299 e. The van der Waals surface area contributed by atoms with Crippen LogP contribution < -0.4 is 10.2 Å². The number of hydrogen-bond acceptors (Lipinski definition) is 3. The average molecular weight is 351 g/mol. The highest BCUT2D eigenvalue weighted by molar-refractivity contribution is 9.10. The molecule has 1 aromatic rings. The SMILES string of the molecule is CC1(C)C(=O)N([C@@H]2CCC(=O)NC2=O)c2cccc(Br)c21. The van der Waals surface area contributed by atoms with Crippen molar-refractivity contribution in [3.05, 3.63) is 28.2 Å². The van der Waals surface area contributed by atoms with Crippen LogP contribution in [0.1, 0.15) is 32.3 Å². The van der Waals surface area contributed by atoms with E-state index in [0.29, 0.717) is 6.42 Å². The summed E-state index contributed by atoms with van der Waals surface area (Å²) in [6.45, 7) is 3.70. The molecule has 2 heterocycles. The Hall–Kier alpha value is -1.69.